The highest BCUT2D eigenvalue weighted by Crippen LogP contribution is 2.19. The largest absolute Gasteiger partial charge is 0.279 e. The summed E-state index contributed by atoms with van der Waals surface area (Å²) in [4.78, 5) is 1.09. The van der Waals surface area contributed by atoms with E-state index in [4.69, 9.17) is 0 Å². The van der Waals surface area contributed by atoms with Crippen LogP contribution in [0.5, 0.6) is 0 Å². The SMILES string of the molecule is Cc1ccsc1CNS(=O)(=O)N1CCCC(C)C1. The van der Waals surface area contributed by atoms with E-state index in [1.54, 1.807) is 15.6 Å². The van der Waals surface area contributed by atoms with Crippen LogP contribution in [0.4, 0.5) is 0 Å². The lowest BCUT2D eigenvalue weighted by molar-refractivity contribution is 0.278. The molecule has 0 saturated carbocycles. The van der Waals surface area contributed by atoms with Gasteiger partial charge in [0.1, 0.15) is 0 Å². The van der Waals surface area contributed by atoms with E-state index in [0.717, 1.165) is 23.3 Å². The zero-order valence-corrected chi connectivity index (χ0v) is 12.5. The van der Waals surface area contributed by atoms with Crippen LogP contribution in [0.1, 0.15) is 30.2 Å². The normalized spacial score (nSPS) is 22.2. The van der Waals surface area contributed by atoms with Gasteiger partial charge < -0.3 is 0 Å². The van der Waals surface area contributed by atoms with Gasteiger partial charge in [0.15, 0.2) is 0 Å². The van der Waals surface area contributed by atoms with E-state index in [9.17, 15) is 8.42 Å². The molecule has 1 aliphatic rings. The minimum Gasteiger partial charge on any atom is -0.197 e. The van der Waals surface area contributed by atoms with Crippen molar-refractivity contribution in [1.29, 1.82) is 0 Å². The Balaban J connectivity index is 1.97. The summed E-state index contributed by atoms with van der Waals surface area (Å²) in [6.45, 7) is 5.78. The molecule has 2 heterocycles. The highest BCUT2D eigenvalue weighted by Gasteiger charge is 2.26. The molecule has 1 fully saturated rings. The lowest BCUT2D eigenvalue weighted by Gasteiger charge is -2.29. The fraction of sp³-hybridized carbons (Fsp3) is 0.667. The van der Waals surface area contributed by atoms with Crippen LogP contribution in [-0.2, 0) is 16.8 Å². The molecule has 4 nitrogen and oxygen atoms in total. The summed E-state index contributed by atoms with van der Waals surface area (Å²) in [5.74, 6) is 0.457. The van der Waals surface area contributed by atoms with Crippen LogP contribution < -0.4 is 4.72 Å². The zero-order chi connectivity index (χ0) is 13.2. The molecule has 1 saturated heterocycles. The van der Waals surface area contributed by atoms with Crippen molar-refractivity contribution in [3.63, 3.8) is 0 Å². The zero-order valence-electron chi connectivity index (χ0n) is 10.8. The lowest BCUT2D eigenvalue weighted by atomic mass is 10.0. The Morgan fingerprint density at radius 1 is 1.56 bits per heavy atom. The number of nitrogens with zero attached hydrogens (tertiary/aromatic N) is 1. The summed E-state index contributed by atoms with van der Waals surface area (Å²) in [6.07, 6.45) is 2.08. The molecule has 1 N–H and O–H groups in total. The van der Waals surface area contributed by atoms with E-state index < -0.39 is 10.2 Å². The fourth-order valence-electron chi connectivity index (χ4n) is 2.20. The van der Waals surface area contributed by atoms with Crippen molar-refractivity contribution in [2.24, 2.45) is 5.92 Å². The summed E-state index contributed by atoms with van der Waals surface area (Å²) in [5, 5.41) is 1.99. The van der Waals surface area contributed by atoms with Gasteiger partial charge in [-0.3, -0.25) is 0 Å². The van der Waals surface area contributed by atoms with E-state index in [1.807, 2.05) is 18.4 Å². The first-order valence-corrected chi connectivity index (χ1v) is 8.58. The van der Waals surface area contributed by atoms with E-state index in [2.05, 4.69) is 11.6 Å². The van der Waals surface area contributed by atoms with Crippen LogP contribution in [0.15, 0.2) is 11.4 Å². The average Bonchev–Trinajstić information content (AvgIpc) is 2.72. The highest BCUT2D eigenvalue weighted by atomic mass is 32.2. The third kappa shape index (κ3) is 3.32. The number of hydrogen-bond acceptors (Lipinski definition) is 3. The van der Waals surface area contributed by atoms with Crippen LogP contribution in [0.3, 0.4) is 0 Å². The van der Waals surface area contributed by atoms with E-state index in [1.165, 1.54) is 0 Å². The molecule has 102 valence electrons. The highest BCUT2D eigenvalue weighted by molar-refractivity contribution is 7.87. The molecule has 0 bridgehead atoms. The first-order chi connectivity index (χ1) is 8.49. The number of hydrogen-bond donors (Lipinski definition) is 1. The number of piperidine rings is 1. The first-order valence-electron chi connectivity index (χ1n) is 6.27. The monoisotopic (exact) mass is 288 g/mol. The van der Waals surface area contributed by atoms with Crippen LogP contribution in [-0.4, -0.2) is 25.8 Å². The van der Waals surface area contributed by atoms with Gasteiger partial charge in [-0.25, -0.2) is 0 Å². The Bertz CT molecular complexity index is 496. The van der Waals surface area contributed by atoms with Gasteiger partial charge in [0.05, 0.1) is 0 Å². The van der Waals surface area contributed by atoms with Gasteiger partial charge >= 0.3 is 0 Å². The number of aryl methyl sites for hydroxylation is 1. The molecule has 1 aromatic heterocycles. The molecule has 1 aliphatic heterocycles. The molecule has 0 aliphatic carbocycles. The van der Waals surface area contributed by atoms with Gasteiger partial charge in [-0.05, 0) is 42.7 Å². The molecular formula is C12H20N2O2S2. The Kier molecular flexibility index (Phi) is 4.42. The van der Waals surface area contributed by atoms with Crippen molar-refractivity contribution in [3.05, 3.63) is 21.9 Å². The van der Waals surface area contributed by atoms with Gasteiger partial charge in [-0.2, -0.15) is 17.4 Å². The standard InChI is InChI=1S/C12H20N2O2S2/c1-10-4-3-6-14(9-10)18(15,16)13-8-12-11(2)5-7-17-12/h5,7,10,13H,3-4,6,8-9H2,1-2H3. The van der Waals surface area contributed by atoms with Crippen molar-refractivity contribution in [3.8, 4) is 0 Å². The Morgan fingerprint density at radius 2 is 2.33 bits per heavy atom. The smallest absolute Gasteiger partial charge is 0.197 e. The van der Waals surface area contributed by atoms with Crippen LogP contribution >= 0.6 is 11.3 Å². The minimum atomic E-state index is -3.32. The second-order valence-corrected chi connectivity index (χ2v) is 7.71. The molecule has 1 atom stereocenters. The van der Waals surface area contributed by atoms with Gasteiger partial charge in [0.25, 0.3) is 10.2 Å². The fourth-order valence-corrected chi connectivity index (χ4v) is 4.46. The van der Waals surface area contributed by atoms with Crippen molar-refractivity contribution in [2.75, 3.05) is 13.1 Å². The van der Waals surface area contributed by atoms with Gasteiger partial charge in [-0.1, -0.05) is 6.92 Å². The molecule has 0 amide bonds. The predicted octanol–water partition coefficient (Wildman–Crippen LogP) is 2.12. The van der Waals surface area contributed by atoms with Crippen LogP contribution in [0.25, 0.3) is 0 Å². The predicted molar refractivity (Wildman–Crippen MR) is 74.8 cm³/mol. The van der Waals surface area contributed by atoms with E-state index >= 15 is 0 Å². The molecule has 6 heteroatoms. The third-order valence-corrected chi connectivity index (χ3v) is 5.89. The minimum absolute atomic E-state index is 0.400. The maximum Gasteiger partial charge on any atom is 0.279 e. The number of nitrogens with one attached hydrogen (secondary N) is 1. The molecule has 0 radical (unpaired) electrons. The third-order valence-electron chi connectivity index (χ3n) is 3.34. The topological polar surface area (TPSA) is 49.4 Å². The lowest BCUT2D eigenvalue weighted by Crippen LogP contribution is -2.45. The molecule has 2 rings (SSSR count). The Hall–Kier alpha value is -0.430. The molecular weight excluding hydrogens is 268 g/mol. The molecule has 1 unspecified atom stereocenters. The maximum atomic E-state index is 12.2. The second-order valence-electron chi connectivity index (χ2n) is 4.96. The molecule has 0 aromatic carbocycles. The second kappa shape index (κ2) is 5.69. The van der Waals surface area contributed by atoms with Crippen molar-refractivity contribution in [1.82, 2.24) is 9.03 Å². The average molecular weight is 288 g/mol. The summed E-state index contributed by atoms with van der Waals surface area (Å²) >= 11 is 1.59. The van der Waals surface area contributed by atoms with Crippen molar-refractivity contribution >= 4 is 21.5 Å². The van der Waals surface area contributed by atoms with Crippen LogP contribution in [0.2, 0.25) is 0 Å². The van der Waals surface area contributed by atoms with Gasteiger partial charge in [0.2, 0.25) is 0 Å². The van der Waals surface area contributed by atoms with Gasteiger partial charge in [-0.15, -0.1) is 11.3 Å². The van der Waals surface area contributed by atoms with Gasteiger partial charge in [0, 0.05) is 24.5 Å². The van der Waals surface area contributed by atoms with E-state index in [0.29, 0.717) is 25.6 Å². The summed E-state index contributed by atoms with van der Waals surface area (Å²) < 4.78 is 28.6. The number of rotatable bonds is 4. The summed E-state index contributed by atoms with van der Waals surface area (Å²) in [7, 11) is -3.32. The maximum absolute atomic E-state index is 12.2. The quantitative estimate of drug-likeness (QED) is 0.922. The Morgan fingerprint density at radius 3 is 2.94 bits per heavy atom. The molecule has 1 aromatic rings. The van der Waals surface area contributed by atoms with Crippen molar-refractivity contribution < 1.29 is 8.42 Å². The van der Waals surface area contributed by atoms with E-state index in [-0.39, 0.29) is 0 Å². The number of thiophene rings is 1. The molecule has 0 spiro atoms. The Labute approximate surface area is 113 Å². The van der Waals surface area contributed by atoms with Crippen LogP contribution in [0, 0.1) is 12.8 Å². The summed E-state index contributed by atoms with van der Waals surface area (Å²) in [5.41, 5.74) is 1.15. The summed E-state index contributed by atoms with van der Waals surface area (Å²) in [6, 6.07) is 2.01. The van der Waals surface area contributed by atoms with Crippen molar-refractivity contribution in [2.45, 2.75) is 33.2 Å². The first kappa shape index (κ1) is 14.0. The molecule has 18 heavy (non-hydrogen) atoms.